The SMILES string of the molecule is CONC(=O)c1ccccc1Nc1cc(Nc2nc3ccccc3n2C(C)C)ncc1Cl. The van der Waals surface area contributed by atoms with Crippen molar-refractivity contribution in [2.24, 2.45) is 0 Å². The molecule has 4 aromatic rings. The second-order valence-corrected chi connectivity index (χ2v) is 7.78. The van der Waals surface area contributed by atoms with Gasteiger partial charge in [0.05, 0.1) is 46.3 Å². The summed E-state index contributed by atoms with van der Waals surface area (Å²) in [6.07, 6.45) is 1.55. The van der Waals surface area contributed by atoms with Crippen LogP contribution in [0, 0.1) is 0 Å². The van der Waals surface area contributed by atoms with Crippen molar-refractivity contribution >= 4 is 51.7 Å². The summed E-state index contributed by atoms with van der Waals surface area (Å²) in [5.74, 6) is 0.875. The van der Waals surface area contributed by atoms with Crippen LogP contribution in [-0.2, 0) is 4.84 Å². The molecule has 3 N–H and O–H groups in total. The number of halogens is 1. The number of nitrogens with one attached hydrogen (secondary N) is 3. The Morgan fingerprint density at radius 3 is 2.59 bits per heavy atom. The summed E-state index contributed by atoms with van der Waals surface area (Å²) in [6, 6.07) is 17.0. The van der Waals surface area contributed by atoms with E-state index in [-0.39, 0.29) is 11.9 Å². The molecule has 4 rings (SSSR count). The predicted molar refractivity (Wildman–Crippen MR) is 127 cm³/mol. The topological polar surface area (TPSA) is 93.1 Å². The number of hydrogen-bond donors (Lipinski definition) is 3. The first-order chi connectivity index (χ1) is 15.5. The first-order valence-electron chi connectivity index (χ1n) is 10.1. The van der Waals surface area contributed by atoms with Crippen molar-refractivity contribution in [2.75, 3.05) is 17.7 Å². The van der Waals surface area contributed by atoms with Crippen molar-refractivity contribution in [2.45, 2.75) is 19.9 Å². The van der Waals surface area contributed by atoms with Crippen LogP contribution in [0.15, 0.2) is 60.8 Å². The Kier molecular flexibility index (Phi) is 6.25. The first kappa shape index (κ1) is 21.6. The first-order valence-corrected chi connectivity index (χ1v) is 10.4. The van der Waals surface area contributed by atoms with Gasteiger partial charge in [0.1, 0.15) is 5.82 Å². The van der Waals surface area contributed by atoms with Crippen molar-refractivity contribution in [3.05, 3.63) is 71.4 Å². The highest BCUT2D eigenvalue weighted by molar-refractivity contribution is 6.33. The molecular weight excluding hydrogens is 428 g/mol. The molecule has 0 spiro atoms. The van der Waals surface area contributed by atoms with E-state index in [1.165, 1.54) is 7.11 Å². The Morgan fingerprint density at radius 1 is 1.06 bits per heavy atom. The number of hydroxylamine groups is 1. The zero-order valence-electron chi connectivity index (χ0n) is 17.9. The molecule has 0 aliphatic carbocycles. The summed E-state index contributed by atoms with van der Waals surface area (Å²) in [6.45, 7) is 4.20. The van der Waals surface area contributed by atoms with Gasteiger partial charge in [-0.05, 0) is 38.1 Å². The van der Waals surface area contributed by atoms with Gasteiger partial charge in [-0.15, -0.1) is 0 Å². The number of nitrogens with zero attached hydrogens (tertiary/aromatic N) is 3. The van der Waals surface area contributed by atoms with E-state index in [0.29, 0.717) is 33.7 Å². The number of benzene rings is 2. The minimum atomic E-state index is -0.371. The molecule has 0 fully saturated rings. The van der Waals surface area contributed by atoms with Gasteiger partial charge in [-0.1, -0.05) is 35.9 Å². The highest BCUT2D eigenvalue weighted by Crippen LogP contribution is 2.31. The molecule has 1 amide bonds. The Labute approximate surface area is 190 Å². The molecule has 8 nitrogen and oxygen atoms in total. The van der Waals surface area contributed by atoms with Crippen molar-refractivity contribution < 1.29 is 9.63 Å². The van der Waals surface area contributed by atoms with Crippen LogP contribution in [-0.4, -0.2) is 27.6 Å². The van der Waals surface area contributed by atoms with E-state index in [9.17, 15) is 4.79 Å². The van der Waals surface area contributed by atoms with Crippen LogP contribution in [0.5, 0.6) is 0 Å². The summed E-state index contributed by atoms with van der Waals surface area (Å²) < 4.78 is 2.11. The summed E-state index contributed by atoms with van der Waals surface area (Å²) >= 11 is 6.39. The van der Waals surface area contributed by atoms with Crippen LogP contribution in [0.3, 0.4) is 0 Å². The van der Waals surface area contributed by atoms with Gasteiger partial charge in [0.15, 0.2) is 0 Å². The Hall–Kier alpha value is -3.62. The molecule has 0 aliphatic heterocycles. The lowest BCUT2D eigenvalue weighted by Gasteiger charge is -2.16. The zero-order valence-corrected chi connectivity index (χ0v) is 18.6. The smallest absolute Gasteiger partial charge is 0.276 e. The molecule has 0 aliphatic rings. The number of carbonyl (C=O) groups excluding carboxylic acids is 1. The summed E-state index contributed by atoms with van der Waals surface area (Å²) in [4.78, 5) is 26.1. The van der Waals surface area contributed by atoms with Gasteiger partial charge >= 0.3 is 0 Å². The molecule has 0 unspecified atom stereocenters. The molecule has 2 aromatic carbocycles. The number of fused-ring (bicyclic) bond motifs is 1. The average molecular weight is 451 g/mol. The summed E-state index contributed by atoms with van der Waals surface area (Å²) in [7, 11) is 1.39. The molecule has 0 saturated carbocycles. The van der Waals surface area contributed by atoms with Crippen LogP contribution in [0.4, 0.5) is 23.1 Å². The van der Waals surface area contributed by atoms with Crippen molar-refractivity contribution in [1.29, 1.82) is 0 Å². The fourth-order valence-corrected chi connectivity index (χ4v) is 3.61. The van der Waals surface area contributed by atoms with Crippen molar-refractivity contribution in [3.8, 4) is 0 Å². The fourth-order valence-electron chi connectivity index (χ4n) is 3.46. The van der Waals surface area contributed by atoms with Gasteiger partial charge in [0.25, 0.3) is 5.91 Å². The number of aromatic nitrogens is 3. The Morgan fingerprint density at radius 2 is 1.81 bits per heavy atom. The summed E-state index contributed by atoms with van der Waals surface area (Å²) in [5.41, 5.74) is 5.85. The highest BCUT2D eigenvalue weighted by atomic mass is 35.5. The van der Waals surface area contributed by atoms with Gasteiger partial charge < -0.3 is 15.2 Å². The number of carbonyl (C=O) groups is 1. The van der Waals surface area contributed by atoms with Crippen LogP contribution in [0.2, 0.25) is 5.02 Å². The lowest BCUT2D eigenvalue weighted by Crippen LogP contribution is -2.22. The number of hydrogen-bond acceptors (Lipinski definition) is 6. The molecule has 2 heterocycles. The molecule has 0 radical (unpaired) electrons. The fraction of sp³-hybridized carbons (Fsp3) is 0.174. The quantitative estimate of drug-likeness (QED) is 0.324. The van der Waals surface area contributed by atoms with E-state index < -0.39 is 0 Å². The Balaban J connectivity index is 1.66. The molecule has 164 valence electrons. The second kappa shape index (κ2) is 9.25. The van der Waals surface area contributed by atoms with Crippen molar-refractivity contribution in [3.63, 3.8) is 0 Å². The predicted octanol–water partition coefficient (Wildman–Crippen LogP) is 5.44. The number of pyridine rings is 1. The maximum Gasteiger partial charge on any atom is 0.276 e. The van der Waals surface area contributed by atoms with Crippen LogP contribution < -0.4 is 16.1 Å². The third-order valence-corrected chi connectivity index (χ3v) is 5.14. The van der Waals surface area contributed by atoms with E-state index in [1.807, 2.05) is 30.3 Å². The molecule has 0 saturated heterocycles. The van der Waals surface area contributed by atoms with Gasteiger partial charge in [-0.2, -0.15) is 0 Å². The maximum atomic E-state index is 12.3. The van der Waals surface area contributed by atoms with Gasteiger partial charge in [0, 0.05) is 12.1 Å². The molecule has 32 heavy (non-hydrogen) atoms. The Bertz CT molecular complexity index is 1270. The molecule has 0 bridgehead atoms. The number of rotatable bonds is 7. The largest absolute Gasteiger partial charge is 0.353 e. The number of amides is 1. The molecule has 2 aromatic heterocycles. The molecular formula is C23H23ClN6O2. The van der Waals surface area contributed by atoms with Gasteiger partial charge in [-0.25, -0.2) is 15.4 Å². The van der Waals surface area contributed by atoms with E-state index in [2.05, 4.69) is 39.5 Å². The van der Waals surface area contributed by atoms with Crippen molar-refractivity contribution in [1.82, 2.24) is 20.0 Å². The molecule has 0 atom stereocenters. The minimum Gasteiger partial charge on any atom is -0.353 e. The lowest BCUT2D eigenvalue weighted by molar-refractivity contribution is 0.0538. The van der Waals surface area contributed by atoms with Crippen LogP contribution in [0.25, 0.3) is 11.0 Å². The normalized spacial score (nSPS) is 11.0. The lowest BCUT2D eigenvalue weighted by atomic mass is 10.1. The summed E-state index contributed by atoms with van der Waals surface area (Å²) in [5, 5.41) is 6.92. The van der Waals surface area contributed by atoms with Gasteiger partial charge in [-0.3, -0.25) is 9.63 Å². The van der Waals surface area contributed by atoms with E-state index >= 15 is 0 Å². The third-order valence-electron chi connectivity index (χ3n) is 4.84. The third kappa shape index (κ3) is 4.37. The minimum absolute atomic E-state index is 0.195. The van der Waals surface area contributed by atoms with Crippen LogP contribution >= 0.6 is 11.6 Å². The van der Waals surface area contributed by atoms with E-state index in [4.69, 9.17) is 21.4 Å². The highest BCUT2D eigenvalue weighted by Gasteiger charge is 2.16. The average Bonchev–Trinajstić information content (AvgIpc) is 3.14. The van der Waals surface area contributed by atoms with Gasteiger partial charge in [0.2, 0.25) is 5.95 Å². The zero-order chi connectivity index (χ0) is 22.7. The number of imidazole rings is 1. The van der Waals surface area contributed by atoms with Crippen LogP contribution in [0.1, 0.15) is 30.2 Å². The molecule has 9 heteroatoms. The van der Waals surface area contributed by atoms with E-state index in [1.54, 1.807) is 30.5 Å². The second-order valence-electron chi connectivity index (χ2n) is 7.37. The maximum absolute atomic E-state index is 12.3. The number of anilines is 4. The van der Waals surface area contributed by atoms with E-state index in [0.717, 1.165) is 11.0 Å². The standard InChI is InChI=1S/C23H23ClN6O2/c1-14(2)30-20-11-7-6-10-18(20)27-23(30)28-21-12-19(16(24)13-25-21)26-17-9-5-4-8-15(17)22(31)29-32-3/h4-14H,1-3H3,(H,29,31)(H2,25,26,27,28). The monoisotopic (exact) mass is 450 g/mol. The number of para-hydroxylation sites is 3.